The van der Waals surface area contributed by atoms with Crippen molar-refractivity contribution in [1.29, 1.82) is 0 Å². The van der Waals surface area contributed by atoms with E-state index in [4.69, 9.17) is 8.22 Å². The number of hydrogen-bond donors (Lipinski definition) is 0. The van der Waals surface area contributed by atoms with Crippen molar-refractivity contribution >= 4 is 57.2 Å². The largest absolute Gasteiger partial charge is 0.310 e. The second-order valence-electron chi connectivity index (χ2n) is 20.2. The number of hydrogen-bond acceptors (Lipinski definition) is 2. The fourth-order valence-corrected chi connectivity index (χ4v) is 12.3. The average Bonchev–Trinajstić information content (AvgIpc) is 0.699. The van der Waals surface area contributed by atoms with E-state index in [-0.39, 0.29) is 35.3 Å². The quantitative estimate of drug-likeness (QED) is 0.133. The Morgan fingerprint density at radius 2 is 0.667 bits per heavy atom. The second-order valence-corrected chi connectivity index (χ2v) is 20.2. The predicted octanol–water partition coefficient (Wildman–Crippen LogP) is 18.4. The number of rotatable bonds is 9. The molecule has 12 aromatic rings. The highest BCUT2D eigenvalue weighted by Crippen LogP contribution is 2.54. The summed E-state index contributed by atoms with van der Waals surface area (Å²) in [7, 11) is 0. The molecule has 368 valence electrons. The molecule has 0 radical (unpaired) electrons. The Morgan fingerprint density at radius 3 is 1.03 bits per heavy atom. The van der Waals surface area contributed by atoms with Gasteiger partial charge in [-0.3, -0.25) is 0 Å². The Labute approximate surface area is 473 Å². The third-order valence-electron chi connectivity index (χ3n) is 15.5. The summed E-state index contributed by atoms with van der Waals surface area (Å²) in [4.78, 5) is 4.74. The van der Waals surface area contributed by atoms with Gasteiger partial charge in [0.25, 0.3) is 6.71 Å². The molecule has 0 bridgehead atoms. The summed E-state index contributed by atoms with van der Waals surface area (Å²) in [5.41, 5.74) is 21.3. The van der Waals surface area contributed by atoms with Crippen LogP contribution in [0.1, 0.15) is 30.4 Å². The Bertz CT molecular complexity index is 4380. The number of nitrogens with zero attached hydrogens (tertiary/aromatic N) is 2. The van der Waals surface area contributed by atoms with Crippen molar-refractivity contribution in [3.05, 3.63) is 296 Å². The lowest BCUT2D eigenvalue weighted by Crippen LogP contribution is -2.61. The van der Waals surface area contributed by atoms with E-state index in [0.717, 1.165) is 123 Å². The fourth-order valence-electron chi connectivity index (χ4n) is 12.3. The highest BCUT2D eigenvalue weighted by molar-refractivity contribution is 7.00. The smallest absolute Gasteiger partial charge is 0.252 e. The Morgan fingerprint density at radius 1 is 0.308 bits per heavy atom. The third kappa shape index (κ3) is 7.97. The SMILES string of the molecule is [2H]c1c([2H])c([2H])c(-c2ccc3c(c2)B2c4cc(-c5c([2H])c([2H])c([2H])c([2H])c5[2H])ccc4N(c4c(-c5ccccc5)cccc4-c4ccccc4)c4cc(-c5c(C)cc(C)cc5C)cc(c42)N3c2c(-c3ccccc3)cccc2-c2ccccc2)c([2H])c1[2H]. The van der Waals surface area contributed by atoms with E-state index in [2.05, 4.69) is 140 Å². The van der Waals surface area contributed by atoms with Crippen LogP contribution in [0.4, 0.5) is 34.1 Å². The zero-order valence-electron chi connectivity index (χ0n) is 53.3. The summed E-state index contributed by atoms with van der Waals surface area (Å²) < 4.78 is 90.6. The van der Waals surface area contributed by atoms with E-state index in [1.165, 1.54) is 0 Å². The summed E-state index contributed by atoms with van der Waals surface area (Å²) in [5, 5.41) is 0. The fraction of sp³-hybridized carbons (Fsp3) is 0.0400. The molecule has 0 spiro atoms. The van der Waals surface area contributed by atoms with Crippen molar-refractivity contribution in [2.45, 2.75) is 20.8 Å². The molecule has 0 amide bonds. The van der Waals surface area contributed by atoms with Crippen LogP contribution in [-0.2, 0) is 0 Å². The minimum atomic E-state index is -0.709. The van der Waals surface area contributed by atoms with Crippen molar-refractivity contribution in [2.24, 2.45) is 0 Å². The van der Waals surface area contributed by atoms with Gasteiger partial charge in [0.2, 0.25) is 0 Å². The van der Waals surface area contributed by atoms with Crippen molar-refractivity contribution < 1.29 is 13.7 Å². The van der Waals surface area contributed by atoms with Crippen LogP contribution in [0.3, 0.4) is 0 Å². The maximum absolute atomic E-state index is 9.41. The summed E-state index contributed by atoms with van der Waals surface area (Å²) in [6, 6.07) is 70.9. The van der Waals surface area contributed by atoms with Crippen LogP contribution in [0.2, 0.25) is 0 Å². The third-order valence-corrected chi connectivity index (χ3v) is 15.5. The van der Waals surface area contributed by atoms with Crippen LogP contribution in [-0.4, -0.2) is 6.71 Å². The second kappa shape index (κ2) is 19.5. The average molecular weight is 1010 g/mol. The Balaban J connectivity index is 1.21. The molecule has 0 aliphatic carbocycles. The van der Waals surface area contributed by atoms with E-state index >= 15 is 0 Å². The molecule has 2 heterocycles. The van der Waals surface area contributed by atoms with E-state index in [0.29, 0.717) is 11.1 Å². The van der Waals surface area contributed by atoms with E-state index in [1.807, 2.05) is 109 Å². The molecule has 0 saturated heterocycles. The molecule has 78 heavy (non-hydrogen) atoms. The van der Waals surface area contributed by atoms with Crippen molar-refractivity contribution in [1.82, 2.24) is 0 Å². The molecule has 14 rings (SSSR count). The van der Waals surface area contributed by atoms with Gasteiger partial charge in [0.1, 0.15) is 0 Å². The van der Waals surface area contributed by atoms with E-state index < -0.39 is 43.0 Å². The van der Waals surface area contributed by atoms with E-state index in [1.54, 1.807) is 0 Å². The molecular weight excluding hydrogens is 940 g/mol. The van der Waals surface area contributed by atoms with Crippen LogP contribution < -0.4 is 26.2 Å². The van der Waals surface area contributed by atoms with Gasteiger partial charge in [-0.25, -0.2) is 0 Å². The molecule has 0 N–H and O–H groups in total. The van der Waals surface area contributed by atoms with Gasteiger partial charge in [-0.1, -0.05) is 260 Å². The Hall–Kier alpha value is -9.70. The molecular formula is C75H55BN2. The molecule has 0 atom stereocenters. The monoisotopic (exact) mass is 1000 g/mol. The van der Waals surface area contributed by atoms with Gasteiger partial charge < -0.3 is 9.80 Å². The zero-order valence-corrected chi connectivity index (χ0v) is 43.3. The zero-order chi connectivity index (χ0) is 61.0. The van der Waals surface area contributed by atoms with Gasteiger partial charge in [-0.05, 0) is 128 Å². The number of para-hydroxylation sites is 2. The van der Waals surface area contributed by atoms with Crippen LogP contribution in [0.15, 0.2) is 279 Å². The summed E-state index contributed by atoms with van der Waals surface area (Å²) in [5.74, 6) is 0. The predicted molar refractivity (Wildman–Crippen MR) is 333 cm³/mol. The minimum Gasteiger partial charge on any atom is -0.310 e. The maximum Gasteiger partial charge on any atom is 0.252 e. The first-order valence-corrected chi connectivity index (χ1v) is 26.4. The lowest BCUT2D eigenvalue weighted by molar-refractivity contribution is 1.25. The summed E-state index contributed by atoms with van der Waals surface area (Å²) in [6.45, 7) is 5.75. The van der Waals surface area contributed by atoms with Crippen molar-refractivity contribution in [3.8, 4) is 77.9 Å². The molecule has 12 aromatic carbocycles. The molecule has 0 unspecified atom stereocenters. The van der Waals surface area contributed by atoms with Crippen LogP contribution in [0, 0.1) is 20.8 Å². The molecule has 0 aromatic heterocycles. The molecule has 0 fully saturated rings. The minimum absolute atomic E-state index is 0.0523. The molecule has 2 aliphatic rings. The van der Waals surface area contributed by atoms with Crippen molar-refractivity contribution in [3.63, 3.8) is 0 Å². The highest BCUT2D eigenvalue weighted by atomic mass is 15.2. The first kappa shape index (κ1) is 37.1. The van der Waals surface area contributed by atoms with E-state index in [9.17, 15) is 5.48 Å². The van der Waals surface area contributed by atoms with Crippen molar-refractivity contribution in [2.75, 3.05) is 9.80 Å². The topological polar surface area (TPSA) is 6.48 Å². The van der Waals surface area contributed by atoms with Gasteiger partial charge in [0.15, 0.2) is 0 Å². The molecule has 2 nitrogen and oxygen atoms in total. The highest BCUT2D eigenvalue weighted by Gasteiger charge is 2.45. The van der Waals surface area contributed by atoms with Gasteiger partial charge in [-0.2, -0.15) is 0 Å². The van der Waals surface area contributed by atoms with Gasteiger partial charge in [0, 0.05) is 45.0 Å². The number of benzene rings is 12. The lowest BCUT2D eigenvalue weighted by Gasteiger charge is -2.46. The van der Waals surface area contributed by atoms with Gasteiger partial charge >= 0.3 is 0 Å². The number of anilines is 6. The molecule has 0 saturated carbocycles. The van der Waals surface area contributed by atoms with Crippen LogP contribution >= 0.6 is 0 Å². The number of fused-ring (bicyclic) bond motifs is 4. The van der Waals surface area contributed by atoms with Gasteiger partial charge in [0.05, 0.1) is 25.1 Å². The first-order valence-electron chi connectivity index (χ1n) is 31.4. The standard InChI is InChI=1S/C75H55BN2/c1-50-44-51(2)72(52(3)45-50)61-48-70-73-71(49-61)78(75-64(57-32-18-8-19-33-57)38-23-39-65(75)58-34-20-9-21-35-58)69-43-41-60(54-26-12-5-13-27-54)47-67(69)76(73)66-46-59(53-24-10-4-11-25-53)40-42-68(66)77(70)74-62(55-28-14-6-15-29-55)36-22-37-63(74)56-30-16-7-17-31-56/h4-49H,1-3H3/i4D,5D,10D,11D,12D,13D,24D,25D,26D,27D. The normalized spacial score (nSPS) is 14.0. The molecule has 3 heteroatoms. The van der Waals surface area contributed by atoms with Crippen LogP contribution in [0.25, 0.3) is 77.9 Å². The first-order chi connectivity index (χ1) is 42.6. The van der Waals surface area contributed by atoms with Crippen LogP contribution in [0.5, 0.6) is 0 Å². The summed E-state index contributed by atoms with van der Waals surface area (Å²) >= 11 is 0. The number of aryl methyl sites for hydroxylation is 3. The Kier molecular flexibility index (Phi) is 9.26. The summed E-state index contributed by atoms with van der Waals surface area (Å²) in [6.07, 6.45) is 0. The maximum atomic E-state index is 9.41. The molecule has 2 aliphatic heterocycles. The lowest BCUT2D eigenvalue weighted by atomic mass is 9.33. The van der Waals surface area contributed by atoms with Gasteiger partial charge in [-0.15, -0.1) is 0 Å².